The second-order valence-electron chi connectivity index (χ2n) is 9.22. The number of ether oxygens (including phenoxy) is 1. The lowest BCUT2D eigenvalue weighted by molar-refractivity contribution is -0.314. The third kappa shape index (κ3) is 1.69. The van der Waals surface area contributed by atoms with Gasteiger partial charge in [-0.1, -0.05) is 27.7 Å². The first-order valence-electron chi connectivity index (χ1n) is 9.23. The second kappa shape index (κ2) is 4.49. The maximum atomic E-state index is 12.4. The summed E-state index contributed by atoms with van der Waals surface area (Å²) >= 11 is 0. The van der Waals surface area contributed by atoms with Crippen LogP contribution in [0.25, 0.3) is 0 Å². The van der Waals surface area contributed by atoms with Gasteiger partial charge in [-0.25, -0.2) is 0 Å². The van der Waals surface area contributed by atoms with Crippen molar-refractivity contribution in [2.24, 2.45) is 41.4 Å². The molecule has 8 unspecified atom stereocenters. The number of aliphatic hydroxyl groups is 1. The van der Waals surface area contributed by atoms with E-state index in [9.17, 15) is 9.90 Å². The molecule has 5 rings (SSSR count). The highest BCUT2D eigenvalue weighted by Crippen LogP contribution is 2.70. The molecule has 5 fully saturated rings. The Morgan fingerprint density at radius 3 is 2.45 bits per heavy atom. The molecule has 3 nitrogen and oxygen atoms in total. The molecule has 0 heterocycles. The van der Waals surface area contributed by atoms with Crippen LogP contribution in [0.15, 0.2) is 0 Å². The highest BCUT2D eigenvalue weighted by atomic mass is 16.6. The van der Waals surface area contributed by atoms with Crippen LogP contribution < -0.4 is 0 Å². The first-order valence-corrected chi connectivity index (χ1v) is 9.23. The first-order chi connectivity index (χ1) is 10.3. The van der Waals surface area contributed by atoms with Crippen LogP contribution in [0.3, 0.4) is 0 Å². The molecule has 5 saturated carbocycles. The third-order valence-corrected chi connectivity index (χ3v) is 7.65. The van der Waals surface area contributed by atoms with Crippen molar-refractivity contribution in [1.29, 1.82) is 0 Å². The van der Waals surface area contributed by atoms with E-state index in [4.69, 9.17) is 4.74 Å². The van der Waals surface area contributed by atoms with Gasteiger partial charge in [0.05, 0.1) is 11.5 Å². The van der Waals surface area contributed by atoms with Crippen molar-refractivity contribution in [2.45, 2.75) is 71.0 Å². The molecular weight excluding hydrogens is 276 g/mol. The predicted octanol–water partition coefficient (Wildman–Crippen LogP) is 3.40. The van der Waals surface area contributed by atoms with Crippen LogP contribution >= 0.6 is 0 Å². The summed E-state index contributed by atoms with van der Waals surface area (Å²) in [5, 5.41) is 11.4. The summed E-state index contributed by atoms with van der Waals surface area (Å²) in [6, 6.07) is 0. The van der Waals surface area contributed by atoms with Crippen LogP contribution in [0.4, 0.5) is 0 Å². The van der Waals surface area contributed by atoms with Gasteiger partial charge in [-0.3, -0.25) is 4.79 Å². The number of hydrogen-bond acceptors (Lipinski definition) is 3. The summed E-state index contributed by atoms with van der Waals surface area (Å²) < 4.78 is 6.28. The second-order valence-corrected chi connectivity index (χ2v) is 9.22. The number of carbonyl (C=O) groups is 1. The molecule has 0 aliphatic heterocycles. The Balaban J connectivity index is 1.78. The van der Waals surface area contributed by atoms with Gasteiger partial charge < -0.3 is 9.84 Å². The number of hydrogen-bond donors (Lipinski definition) is 1. The highest BCUT2D eigenvalue weighted by molar-refractivity contribution is 5.72. The molecule has 3 heteroatoms. The van der Waals surface area contributed by atoms with Crippen molar-refractivity contribution in [3.63, 3.8) is 0 Å². The van der Waals surface area contributed by atoms with E-state index in [0.717, 1.165) is 32.1 Å². The van der Waals surface area contributed by atoms with Crippen LogP contribution in [0.5, 0.6) is 0 Å². The molecular formula is C19H30O3. The van der Waals surface area contributed by atoms with Gasteiger partial charge in [-0.2, -0.15) is 0 Å². The minimum atomic E-state index is -0.501. The van der Waals surface area contributed by atoms with E-state index >= 15 is 0 Å². The number of rotatable bonds is 2. The molecule has 0 aromatic carbocycles. The molecule has 1 N–H and O–H groups in total. The molecule has 5 aliphatic carbocycles. The van der Waals surface area contributed by atoms with E-state index in [0.29, 0.717) is 29.6 Å². The predicted molar refractivity (Wildman–Crippen MR) is 84.0 cm³/mol. The lowest BCUT2D eigenvalue weighted by Crippen LogP contribution is -2.75. The Bertz CT molecular complexity index is 491. The van der Waals surface area contributed by atoms with E-state index < -0.39 is 5.60 Å². The fourth-order valence-electron chi connectivity index (χ4n) is 6.85. The molecule has 0 saturated heterocycles. The van der Waals surface area contributed by atoms with Gasteiger partial charge in [0.15, 0.2) is 0 Å². The largest absolute Gasteiger partial charge is 0.458 e. The fourth-order valence-corrected chi connectivity index (χ4v) is 6.85. The highest BCUT2D eigenvalue weighted by Gasteiger charge is 2.72. The standard InChI is InChI=1S/C19H30O3/c1-10(2)17(20)22-19-8-11(3)5-15-16(19)7-13-6-14(19)12(4)18(15,21)9-13/h10-16,21H,5-9H2,1-4H3. The van der Waals surface area contributed by atoms with Gasteiger partial charge in [-0.05, 0) is 55.8 Å². The van der Waals surface area contributed by atoms with Gasteiger partial charge in [-0.15, -0.1) is 0 Å². The van der Waals surface area contributed by atoms with Crippen molar-refractivity contribution >= 4 is 5.97 Å². The van der Waals surface area contributed by atoms with Crippen LogP contribution in [0.1, 0.15) is 59.8 Å². The van der Waals surface area contributed by atoms with Gasteiger partial charge in [0.25, 0.3) is 0 Å². The molecule has 0 aromatic rings. The van der Waals surface area contributed by atoms with Crippen molar-refractivity contribution < 1.29 is 14.6 Å². The molecule has 124 valence electrons. The third-order valence-electron chi connectivity index (χ3n) is 7.65. The maximum Gasteiger partial charge on any atom is 0.308 e. The summed E-state index contributed by atoms with van der Waals surface area (Å²) in [6.07, 6.45) is 5.39. The quantitative estimate of drug-likeness (QED) is 0.795. The molecule has 0 amide bonds. The van der Waals surface area contributed by atoms with Crippen LogP contribution in [0, 0.1) is 41.4 Å². The smallest absolute Gasteiger partial charge is 0.308 e. The van der Waals surface area contributed by atoms with Crippen LogP contribution in [-0.4, -0.2) is 22.3 Å². The minimum absolute atomic E-state index is 0.0421. The first kappa shape index (κ1) is 15.0. The molecule has 22 heavy (non-hydrogen) atoms. The lowest BCUT2D eigenvalue weighted by atomic mass is 9.37. The van der Waals surface area contributed by atoms with Crippen molar-refractivity contribution in [2.75, 3.05) is 0 Å². The van der Waals surface area contributed by atoms with Gasteiger partial charge in [0.2, 0.25) is 0 Å². The Morgan fingerprint density at radius 2 is 1.77 bits per heavy atom. The summed E-state index contributed by atoms with van der Waals surface area (Å²) in [5.74, 6) is 2.42. The minimum Gasteiger partial charge on any atom is -0.458 e. The van der Waals surface area contributed by atoms with Gasteiger partial charge >= 0.3 is 5.97 Å². The summed E-state index contributed by atoms with van der Waals surface area (Å²) in [6.45, 7) is 8.34. The van der Waals surface area contributed by atoms with Crippen LogP contribution in [-0.2, 0) is 9.53 Å². The molecule has 0 spiro atoms. The lowest BCUT2D eigenvalue weighted by Gasteiger charge is -2.71. The SMILES string of the molecule is CC1CC2C3CC4CC(C(C)C2(O)C4)C3(OC(=O)C(C)C)C1. The topological polar surface area (TPSA) is 46.5 Å². The molecule has 0 radical (unpaired) electrons. The van der Waals surface area contributed by atoms with E-state index in [1.165, 1.54) is 0 Å². The Labute approximate surface area is 133 Å². The normalized spacial score (nSPS) is 55.5. The van der Waals surface area contributed by atoms with Crippen molar-refractivity contribution in [3.05, 3.63) is 0 Å². The average Bonchev–Trinajstić information content (AvgIpc) is 2.43. The molecule has 0 aromatic heterocycles. The van der Waals surface area contributed by atoms with E-state index in [1.54, 1.807) is 0 Å². The zero-order valence-corrected chi connectivity index (χ0v) is 14.3. The summed E-state index contributed by atoms with van der Waals surface area (Å²) in [5.41, 5.74) is -0.787. The van der Waals surface area contributed by atoms with Gasteiger partial charge in [0, 0.05) is 11.8 Å². The summed E-state index contributed by atoms with van der Waals surface area (Å²) in [7, 11) is 0. The average molecular weight is 306 g/mol. The van der Waals surface area contributed by atoms with Crippen LogP contribution in [0.2, 0.25) is 0 Å². The molecule has 8 atom stereocenters. The number of carbonyl (C=O) groups excluding carboxylic acids is 1. The zero-order valence-electron chi connectivity index (χ0n) is 14.3. The van der Waals surface area contributed by atoms with E-state index in [-0.39, 0.29) is 23.4 Å². The molecule has 6 bridgehead atoms. The monoisotopic (exact) mass is 306 g/mol. The van der Waals surface area contributed by atoms with E-state index in [2.05, 4.69) is 13.8 Å². The fraction of sp³-hybridized carbons (Fsp3) is 0.947. The Kier molecular flexibility index (Phi) is 3.06. The Morgan fingerprint density at radius 1 is 1.09 bits per heavy atom. The zero-order chi connectivity index (χ0) is 15.9. The maximum absolute atomic E-state index is 12.4. The Hall–Kier alpha value is -0.570. The number of esters is 1. The summed E-state index contributed by atoms with van der Waals surface area (Å²) in [4.78, 5) is 12.4. The molecule has 5 aliphatic rings. The van der Waals surface area contributed by atoms with Crippen molar-refractivity contribution in [3.8, 4) is 0 Å². The van der Waals surface area contributed by atoms with Crippen molar-refractivity contribution in [1.82, 2.24) is 0 Å². The van der Waals surface area contributed by atoms with E-state index in [1.807, 2.05) is 13.8 Å². The van der Waals surface area contributed by atoms with Gasteiger partial charge in [0.1, 0.15) is 5.60 Å².